The molecule has 0 radical (unpaired) electrons. The molecular weight excluding hydrogens is 436 g/mol. The summed E-state index contributed by atoms with van der Waals surface area (Å²) >= 11 is 0. The summed E-state index contributed by atoms with van der Waals surface area (Å²) in [5.41, 5.74) is 3.87. The van der Waals surface area contributed by atoms with Gasteiger partial charge < -0.3 is 9.64 Å². The Labute approximate surface area is 194 Å². The number of ether oxygens (including phenoxy) is 1. The minimum absolute atomic E-state index is 0.140. The van der Waals surface area contributed by atoms with E-state index >= 15 is 0 Å². The van der Waals surface area contributed by atoms with Gasteiger partial charge in [-0.1, -0.05) is 19.1 Å². The molecule has 3 aromatic rings. The van der Waals surface area contributed by atoms with Gasteiger partial charge in [0.25, 0.3) is 0 Å². The molecule has 7 nitrogen and oxygen atoms in total. The first-order valence-corrected chi connectivity index (χ1v) is 13.3. The van der Waals surface area contributed by atoms with Crippen molar-refractivity contribution in [1.29, 1.82) is 0 Å². The van der Waals surface area contributed by atoms with Crippen LogP contribution in [0.25, 0.3) is 11.3 Å². The molecule has 2 aliphatic heterocycles. The lowest BCUT2D eigenvalue weighted by Gasteiger charge is -2.34. The predicted molar refractivity (Wildman–Crippen MR) is 127 cm³/mol. The second-order valence-electron chi connectivity index (χ2n) is 8.87. The van der Waals surface area contributed by atoms with Gasteiger partial charge in [-0.15, -0.1) is 0 Å². The molecule has 0 saturated carbocycles. The van der Waals surface area contributed by atoms with E-state index in [0.717, 1.165) is 73.0 Å². The molecule has 172 valence electrons. The van der Waals surface area contributed by atoms with E-state index in [4.69, 9.17) is 9.72 Å². The molecule has 33 heavy (non-hydrogen) atoms. The minimum atomic E-state index is -3.21. The fourth-order valence-electron chi connectivity index (χ4n) is 4.60. The minimum Gasteiger partial charge on any atom is -0.488 e. The van der Waals surface area contributed by atoms with Crippen molar-refractivity contribution >= 4 is 15.8 Å². The van der Waals surface area contributed by atoms with Crippen molar-refractivity contribution in [3.8, 4) is 17.0 Å². The molecule has 8 heteroatoms. The summed E-state index contributed by atoms with van der Waals surface area (Å²) in [7, 11) is -3.21. The van der Waals surface area contributed by atoms with Gasteiger partial charge in [-0.3, -0.25) is 0 Å². The molecule has 5 rings (SSSR count). The highest BCUT2D eigenvalue weighted by molar-refractivity contribution is 7.90. The number of hydrogen-bond acceptors (Lipinski definition) is 7. The van der Waals surface area contributed by atoms with Crippen molar-refractivity contribution in [2.24, 2.45) is 5.92 Å². The summed E-state index contributed by atoms with van der Waals surface area (Å²) in [6.07, 6.45) is 9.02. The number of aromatic nitrogens is 3. The van der Waals surface area contributed by atoms with Gasteiger partial charge >= 0.3 is 0 Å². The van der Waals surface area contributed by atoms with Crippen LogP contribution in [0.1, 0.15) is 31.0 Å². The first-order chi connectivity index (χ1) is 15.9. The summed E-state index contributed by atoms with van der Waals surface area (Å²) in [5.74, 6) is 2.15. The number of hydrogen-bond donors (Lipinski definition) is 0. The molecule has 1 fully saturated rings. The van der Waals surface area contributed by atoms with Crippen LogP contribution < -0.4 is 9.64 Å². The van der Waals surface area contributed by atoms with Crippen molar-refractivity contribution < 1.29 is 13.2 Å². The van der Waals surface area contributed by atoms with Crippen molar-refractivity contribution in [1.82, 2.24) is 15.0 Å². The summed E-state index contributed by atoms with van der Waals surface area (Å²) in [6, 6.07) is 10.8. The van der Waals surface area contributed by atoms with Crippen LogP contribution >= 0.6 is 0 Å². The third kappa shape index (κ3) is 4.57. The number of aryl methyl sites for hydroxylation is 1. The highest BCUT2D eigenvalue weighted by atomic mass is 32.2. The smallest absolute Gasteiger partial charge is 0.225 e. The van der Waals surface area contributed by atoms with Crippen LogP contribution in [0.4, 0.5) is 5.95 Å². The van der Waals surface area contributed by atoms with Gasteiger partial charge in [-0.2, -0.15) is 0 Å². The molecule has 0 spiro atoms. The lowest BCUT2D eigenvalue weighted by Crippen LogP contribution is -2.40. The van der Waals surface area contributed by atoms with E-state index < -0.39 is 9.84 Å². The molecule has 1 aromatic carbocycles. The van der Waals surface area contributed by atoms with Crippen LogP contribution in [0.15, 0.2) is 53.7 Å². The maximum atomic E-state index is 11.7. The van der Waals surface area contributed by atoms with Gasteiger partial charge in [0.15, 0.2) is 9.84 Å². The van der Waals surface area contributed by atoms with Crippen LogP contribution in [0.3, 0.4) is 0 Å². The first kappa shape index (κ1) is 21.8. The quantitative estimate of drug-likeness (QED) is 0.569. The fraction of sp³-hybridized carbons (Fsp3) is 0.400. The van der Waals surface area contributed by atoms with Crippen molar-refractivity contribution in [3.05, 3.63) is 60.0 Å². The van der Waals surface area contributed by atoms with Gasteiger partial charge in [0, 0.05) is 43.7 Å². The third-order valence-corrected chi connectivity index (χ3v) is 7.76. The Morgan fingerprint density at radius 3 is 2.36 bits per heavy atom. The molecule has 2 aromatic heterocycles. The summed E-state index contributed by atoms with van der Waals surface area (Å²) in [4.78, 5) is 16.5. The van der Waals surface area contributed by atoms with Crippen LogP contribution in [-0.4, -0.2) is 48.8 Å². The van der Waals surface area contributed by atoms with Crippen LogP contribution in [0.2, 0.25) is 0 Å². The number of sulfone groups is 1. The molecule has 4 heterocycles. The monoisotopic (exact) mass is 464 g/mol. The molecule has 0 bridgehead atoms. The first-order valence-electron chi connectivity index (χ1n) is 11.4. The second kappa shape index (κ2) is 8.74. The summed E-state index contributed by atoms with van der Waals surface area (Å²) in [5, 5.41) is 0. The van der Waals surface area contributed by atoms with E-state index in [1.165, 1.54) is 6.26 Å². The van der Waals surface area contributed by atoms with Crippen LogP contribution in [0, 0.1) is 5.92 Å². The van der Waals surface area contributed by atoms with Gasteiger partial charge in [0.1, 0.15) is 11.9 Å². The number of anilines is 1. The lowest BCUT2D eigenvalue weighted by atomic mass is 9.89. The molecule has 0 aliphatic carbocycles. The zero-order valence-corrected chi connectivity index (χ0v) is 19.8. The number of pyridine rings is 1. The number of rotatable bonds is 5. The Bertz CT molecular complexity index is 1240. The highest BCUT2D eigenvalue weighted by Crippen LogP contribution is 2.36. The van der Waals surface area contributed by atoms with Gasteiger partial charge in [-0.25, -0.2) is 23.4 Å². The summed E-state index contributed by atoms with van der Waals surface area (Å²) in [6.45, 7) is 3.96. The Morgan fingerprint density at radius 1 is 1.03 bits per heavy atom. The second-order valence-corrected chi connectivity index (χ2v) is 10.9. The SMILES string of the molecule is CCc1cnc(N2CCC(C3Cc4nc(-c5ccc(S(C)(=O)=O)cc5)ccc4O3)CC2)nc1. The van der Waals surface area contributed by atoms with E-state index in [1.807, 2.05) is 36.7 Å². The van der Waals surface area contributed by atoms with E-state index in [-0.39, 0.29) is 6.10 Å². The van der Waals surface area contributed by atoms with Crippen LogP contribution in [0.5, 0.6) is 5.75 Å². The number of piperidine rings is 1. The Kier molecular flexibility index (Phi) is 5.78. The van der Waals surface area contributed by atoms with Crippen LogP contribution in [-0.2, 0) is 22.7 Å². The average Bonchev–Trinajstić information content (AvgIpc) is 3.27. The fourth-order valence-corrected chi connectivity index (χ4v) is 5.23. The Balaban J connectivity index is 1.23. The zero-order chi connectivity index (χ0) is 23.0. The normalized spacial score (nSPS) is 18.7. The van der Waals surface area contributed by atoms with E-state index in [9.17, 15) is 8.42 Å². The topological polar surface area (TPSA) is 85.3 Å². The average molecular weight is 465 g/mol. The van der Waals surface area contributed by atoms with Gasteiger partial charge in [0.05, 0.1) is 16.3 Å². The third-order valence-electron chi connectivity index (χ3n) is 6.63. The van der Waals surface area contributed by atoms with E-state index in [0.29, 0.717) is 10.8 Å². The molecule has 1 saturated heterocycles. The van der Waals surface area contributed by atoms with E-state index in [1.54, 1.807) is 12.1 Å². The highest BCUT2D eigenvalue weighted by Gasteiger charge is 2.34. The molecule has 0 N–H and O–H groups in total. The maximum Gasteiger partial charge on any atom is 0.225 e. The van der Waals surface area contributed by atoms with E-state index in [2.05, 4.69) is 21.8 Å². The Morgan fingerprint density at radius 2 is 1.73 bits per heavy atom. The standard InChI is InChI=1S/C25H28N4O3S/c1-3-17-15-26-25(27-16-17)29-12-10-19(11-13-29)24-14-22-23(32-24)9-8-21(28-22)18-4-6-20(7-5-18)33(2,30)31/h4-9,15-16,19,24H,3,10-14H2,1-2H3. The van der Waals surface area contributed by atoms with Gasteiger partial charge in [-0.05, 0) is 55.0 Å². The molecular formula is C25H28N4O3S. The molecule has 2 aliphatic rings. The van der Waals surface area contributed by atoms with Crippen molar-refractivity contribution in [2.75, 3.05) is 24.2 Å². The lowest BCUT2D eigenvalue weighted by molar-refractivity contribution is 0.138. The molecule has 0 amide bonds. The molecule has 1 atom stereocenters. The maximum absolute atomic E-state index is 11.7. The molecule has 1 unspecified atom stereocenters. The zero-order valence-electron chi connectivity index (χ0n) is 18.9. The van der Waals surface area contributed by atoms with Crippen molar-refractivity contribution in [2.45, 2.75) is 43.6 Å². The van der Waals surface area contributed by atoms with Gasteiger partial charge in [0.2, 0.25) is 5.95 Å². The Hall–Kier alpha value is -3.00. The predicted octanol–water partition coefficient (Wildman–Crippen LogP) is 3.72. The summed E-state index contributed by atoms with van der Waals surface area (Å²) < 4.78 is 29.7. The number of benzene rings is 1. The number of nitrogens with zero attached hydrogens (tertiary/aromatic N) is 4. The van der Waals surface area contributed by atoms with Crippen molar-refractivity contribution in [3.63, 3.8) is 0 Å². The largest absolute Gasteiger partial charge is 0.488 e. The number of fused-ring (bicyclic) bond motifs is 1.